The summed E-state index contributed by atoms with van der Waals surface area (Å²) in [4.78, 5) is 8.24. The minimum absolute atomic E-state index is 0.396. The molecule has 1 aromatic heterocycles. The lowest BCUT2D eigenvalue weighted by molar-refractivity contribution is 0.547. The van der Waals surface area contributed by atoms with Crippen molar-refractivity contribution >= 4 is 56.0 Å². The number of imidazole rings is 1. The summed E-state index contributed by atoms with van der Waals surface area (Å²) >= 11 is 15.9. The number of nitrogens with zero attached hydrogens (tertiary/aromatic N) is 6. The Bertz CT molecular complexity index is 1410. The quantitative estimate of drug-likeness (QED) is 0.132. The zero-order chi connectivity index (χ0) is 25.4. The standard InChI is InChI=1S/C27H23BN6S3/c35-25-29(22-10-4-1-5-11-22)16-19-32(25)28(33-20-17-30(26(33)36)23-12-6-2-7-13-23)34-21-18-31(27(34)37)24-14-8-3-9-15-24/h1-21,35-36H/q-2. The molecule has 0 atom stereocenters. The first kappa shape index (κ1) is 23.9. The van der Waals surface area contributed by atoms with Crippen LogP contribution in [0.25, 0.3) is 5.69 Å². The molecule has 184 valence electrons. The Hall–Kier alpha value is -3.47. The summed E-state index contributed by atoms with van der Waals surface area (Å²) in [6.07, 6.45) is 12.0. The summed E-state index contributed by atoms with van der Waals surface area (Å²) in [5.74, 6) is 0. The molecular formula is C27H23BN6S3-2. The first-order valence-corrected chi connectivity index (χ1v) is 13.0. The molecule has 2 aliphatic rings. The van der Waals surface area contributed by atoms with E-state index in [1.165, 1.54) is 0 Å². The molecule has 0 bridgehead atoms. The predicted octanol–water partition coefficient (Wildman–Crippen LogP) is 6.18. The second-order valence-electron chi connectivity index (χ2n) is 8.46. The molecule has 0 fully saturated rings. The zero-order valence-corrected chi connectivity index (χ0v) is 22.3. The highest BCUT2D eigenvalue weighted by molar-refractivity contribution is 7.83. The van der Waals surface area contributed by atoms with Crippen molar-refractivity contribution in [1.29, 1.82) is 0 Å². The van der Waals surface area contributed by atoms with E-state index in [4.69, 9.17) is 37.5 Å². The number of hydrogen-bond acceptors (Lipinski definition) is 7. The molecule has 3 heterocycles. The third kappa shape index (κ3) is 4.35. The van der Waals surface area contributed by atoms with E-state index in [1.807, 2.05) is 123 Å². The molecule has 37 heavy (non-hydrogen) atoms. The van der Waals surface area contributed by atoms with E-state index in [-0.39, 0.29) is 0 Å². The Morgan fingerprint density at radius 1 is 0.676 bits per heavy atom. The fraction of sp³-hybridized carbons (Fsp3) is 0. The smallest absolute Gasteiger partial charge is 0.176 e. The Kier molecular flexibility index (Phi) is 6.54. The molecule has 0 unspecified atom stereocenters. The molecule has 0 saturated carbocycles. The van der Waals surface area contributed by atoms with Gasteiger partial charge >= 0.3 is 0 Å². The Morgan fingerprint density at radius 3 is 1.92 bits per heavy atom. The molecular weight excluding hydrogens is 515 g/mol. The molecule has 0 aliphatic carbocycles. The van der Waals surface area contributed by atoms with Crippen LogP contribution in [-0.4, -0.2) is 25.8 Å². The fourth-order valence-corrected chi connectivity index (χ4v) is 5.51. The van der Waals surface area contributed by atoms with Crippen LogP contribution in [0, 0.1) is 15.8 Å². The number of rotatable bonds is 6. The van der Waals surface area contributed by atoms with Gasteiger partial charge in [-0.15, -0.1) is 18.1 Å². The van der Waals surface area contributed by atoms with Gasteiger partial charge in [-0.2, -0.15) is 0 Å². The van der Waals surface area contributed by atoms with Crippen molar-refractivity contribution in [2.75, 3.05) is 9.80 Å². The normalized spacial score (nSPS) is 16.1. The Morgan fingerprint density at radius 2 is 1.27 bits per heavy atom. The van der Waals surface area contributed by atoms with Gasteiger partial charge in [-0.3, -0.25) is 4.57 Å². The van der Waals surface area contributed by atoms with Crippen molar-refractivity contribution in [1.82, 2.24) is 18.7 Å². The minimum atomic E-state index is -0.396. The van der Waals surface area contributed by atoms with Crippen LogP contribution in [0.2, 0.25) is 0 Å². The van der Waals surface area contributed by atoms with Gasteiger partial charge in [-0.05, 0) is 67.2 Å². The van der Waals surface area contributed by atoms with Gasteiger partial charge in [0, 0.05) is 29.5 Å². The lowest BCUT2D eigenvalue weighted by atomic mass is 9.88. The SMILES string of the molecule is S=c1n([B-](N2C=CN(c3ccccc3)[C]2S)N2C=CN(c3ccccc3)[C-]2S)ccn1-c1ccccc1. The van der Waals surface area contributed by atoms with Crippen LogP contribution < -0.4 is 9.80 Å². The summed E-state index contributed by atoms with van der Waals surface area (Å²) in [6, 6.07) is 30.4. The maximum atomic E-state index is 6.01. The fourth-order valence-electron chi connectivity index (χ4n) is 4.49. The average Bonchev–Trinajstić information content (AvgIpc) is 3.64. The maximum Gasteiger partial charge on any atom is 0.176 e. The summed E-state index contributed by atoms with van der Waals surface area (Å²) in [5.41, 5.74) is 4.54. The van der Waals surface area contributed by atoms with Crippen LogP contribution in [0.3, 0.4) is 0 Å². The van der Waals surface area contributed by atoms with Crippen molar-refractivity contribution in [3.63, 3.8) is 0 Å². The Balaban J connectivity index is 1.40. The van der Waals surface area contributed by atoms with Gasteiger partial charge in [0.1, 0.15) is 4.77 Å². The van der Waals surface area contributed by atoms with Crippen molar-refractivity contribution in [3.05, 3.63) is 144 Å². The number of hydrogen-bond donors (Lipinski definition) is 2. The van der Waals surface area contributed by atoms with Crippen molar-refractivity contribution in [3.8, 4) is 5.69 Å². The summed E-state index contributed by atoms with van der Waals surface area (Å²) in [5, 5.41) is 0. The Labute approximate surface area is 233 Å². The molecule has 0 N–H and O–H groups in total. The van der Waals surface area contributed by atoms with Gasteiger partial charge in [0.25, 0.3) is 0 Å². The molecule has 2 aliphatic heterocycles. The van der Waals surface area contributed by atoms with Gasteiger partial charge in [-0.25, -0.2) is 0 Å². The number of para-hydroxylation sites is 3. The van der Waals surface area contributed by atoms with Crippen LogP contribution in [0.1, 0.15) is 0 Å². The number of benzene rings is 3. The van der Waals surface area contributed by atoms with E-state index in [2.05, 4.69) is 33.9 Å². The molecule has 4 aromatic rings. The van der Waals surface area contributed by atoms with E-state index in [0.29, 0.717) is 4.77 Å². The third-order valence-corrected chi connectivity index (χ3v) is 7.60. The van der Waals surface area contributed by atoms with Gasteiger partial charge in [0.15, 0.2) is 12.6 Å². The average molecular weight is 539 g/mol. The molecule has 0 amide bonds. The highest BCUT2D eigenvalue weighted by Gasteiger charge is 2.29. The largest absolute Gasteiger partial charge is 0.661 e. The van der Waals surface area contributed by atoms with E-state index in [0.717, 1.165) is 28.1 Å². The first-order chi connectivity index (χ1) is 18.1. The third-order valence-electron chi connectivity index (χ3n) is 6.30. The van der Waals surface area contributed by atoms with Crippen molar-refractivity contribution < 1.29 is 0 Å². The summed E-state index contributed by atoms with van der Waals surface area (Å²) in [6.45, 7) is 0. The van der Waals surface area contributed by atoms with E-state index < -0.39 is 7.12 Å². The molecule has 3 aromatic carbocycles. The number of anilines is 2. The monoisotopic (exact) mass is 538 g/mol. The van der Waals surface area contributed by atoms with Crippen molar-refractivity contribution in [2.45, 2.75) is 0 Å². The van der Waals surface area contributed by atoms with E-state index in [9.17, 15) is 0 Å². The molecule has 10 heteroatoms. The lowest BCUT2D eigenvalue weighted by Gasteiger charge is -2.59. The summed E-state index contributed by atoms with van der Waals surface area (Å²) < 4.78 is 4.70. The van der Waals surface area contributed by atoms with E-state index >= 15 is 0 Å². The van der Waals surface area contributed by atoms with Crippen LogP contribution in [-0.2, 0) is 0 Å². The molecule has 6 rings (SSSR count). The molecule has 2 radical (unpaired) electrons. The summed E-state index contributed by atoms with van der Waals surface area (Å²) in [7, 11) is -0.396. The van der Waals surface area contributed by atoms with Crippen LogP contribution >= 0.6 is 37.5 Å². The van der Waals surface area contributed by atoms with E-state index in [1.54, 1.807) is 0 Å². The van der Waals surface area contributed by atoms with Gasteiger partial charge in [-0.1, -0.05) is 60.8 Å². The van der Waals surface area contributed by atoms with Crippen molar-refractivity contribution in [2.24, 2.45) is 0 Å². The zero-order valence-electron chi connectivity index (χ0n) is 19.7. The van der Waals surface area contributed by atoms with Crippen LogP contribution in [0.5, 0.6) is 0 Å². The van der Waals surface area contributed by atoms with Gasteiger partial charge < -0.3 is 36.5 Å². The second-order valence-corrected chi connectivity index (χ2v) is 9.63. The molecule has 6 nitrogen and oxygen atoms in total. The highest BCUT2D eigenvalue weighted by Crippen LogP contribution is 2.38. The predicted molar refractivity (Wildman–Crippen MR) is 160 cm³/mol. The van der Waals surface area contributed by atoms with Crippen LogP contribution in [0.4, 0.5) is 11.4 Å². The number of aromatic nitrogens is 2. The van der Waals surface area contributed by atoms with Gasteiger partial charge in [0.05, 0.1) is 0 Å². The highest BCUT2D eigenvalue weighted by atomic mass is 32.1. The minimum Gasteiger partial charge on any atom is -0.661 e. The topological polar surface area (TPSA) is 22.8 Å². The number of thiol groups is 2. The van der Waals surface area contributed by atoms with Gasteiger partial charge in [0.2, 0.25) is 0 Å². The van der Waals surface area contributed by atoms with Crippen LogP contribution in [0.15, 0.2) is 128 Å². The maximum absolute atomic E-state index is 6.01. The second kappa shape index (κ2) is 10.1. The first-order valence-electron chi connectivity index (χ1n) is 11.7. The lowest BCUT2D eigenvalue weighted by Crippen LogP contribution is -2.55. The molecule has 0 spiro atoms. The molecule has 0 saturated heterocycles.